The van der Waals surface area contributed by atoms with E-state index >= 15 is 0 Å². The zero-order chi connectivity index (χ0) is 22.9. The van der Waals surface area contributed by atoms with E-state index in [-0.39, 0.29) is 17.9 Å². The maximum absolute atomic E-state index is 13.5. The van der Waals surface area contributed by atoms with Crippen LogP contribution in [0.4, 0.5) is 5.69 Å². The molecule has 0 spiro atoms. The van der Waals surface area contributed by atoms with Gasteiger partial charge in [0.05, 0.1) is 4.90 Å². The minimum Gasteiger partial charge on any atom is -0.366 e. The van der Waals surface area contributed by atoms with Crippen molar-refractivity contribution in [1.29, 1.82) is 0 Å². The molecule has 7 nitrogen and oxygen atoms in total. The number of anilines is 1. The van der Waals surface area contributed by atoms with Crippen molar-refractivity contribution in [3.63, 3.8) is 0 Å². The van der Waals surface area contributed by atoms with E-state index in [0.717, 1.165) is 16.7 Å². The Kier molecular flexibility index (Phi) is 5.82. The second kappa shape index (κ2) is 8.57. The Hall–Kier alpha value is -3.49. The van der Waals surface area contributed by atoms with Crippen molar-refractivity contribution in [3.8, 4) is 0 Å². The van der Waals surface area contributed by atoms with E-state index in [9.17, 15) is 18.0 Å². The second-order valence-electron chi connectivity index (χ2n) is 7.78. The van der Waals surface area contributed by atoms with Gasteiger partial charge in [-0.3, -0.25) is 9.59 Å². The van der Waals surface area contributed by atoms with Crippen LogP contribution in [0.5, 0.6) is 0 Å². The molecular weight excluding hydrogens is 426 g/mol. The van der Waals surface area contributed by atoms with Gasteiger partial charge in [-0.25, -0.2) is 8.42 Å². The minimum absolute atomic E-state index is 0.102. The number of fused-ring (bicyclic) bond motifs is 1. The molecule has 3 aromatic carbocycles. The molecule has 2 amide bonds. The van der Waals surface area contributed by atoms with Crippen molar-refractivity contribution in [2.45, 2.75) is 30.8 Å². The van der Waals surface area contributed by atoms with Crippen LogP contribution in [0.25, 0.3) is 0 Å². The van der Waals surface area contributed by atoms with Gasteiger partial charge in [0, 0.05) is 17.8 Å². The molecule has 3 aromatic rings. The molecule has 32 heavy (non-hydrogen) atoms. The van der Waals surface area contributed by atoms with Gasteiger partial charge in [-0.15, -0.1) is 0 Å². The second-order valence-corrected chi connectivity index (χ2v) is 9.67. The lowest BCUT2D eigenvalue weighted by Crippen LogP contribution is -2.50. The normalized spacial score (nSPS) is 16.2. The van der Waals surface area contributed by atoms with Gasteiger partial charge >= 0.3 is 0 Å². The zero-order valence-corrected chi connectivity index (χ0v) is 18.3. The van der Waals surface area contributed by atoms with Gasteiger partial charge in [0.25, 0.3) is 0 Å². The van der Waals surface area contributed by atoms with Crippen LogP contribution < -0.4 is 11.1 Å². The number of benzene rings is 3. The molecule has 1 heterocycles. The smallest absolute Gasteiger partial charge is 0.248 e. The summed E-state index contributed by atoms with van der Waals surface area (Å²) >= 11 is 0. The highest BCUT2D eigenvalue weighted by atomic mass is 32.2. The highest BCUT2D eigenvalue weighted by Gasteiger charge is 2.39. The van der Waals surface area contributed by atoms with Gasteiger partial charge in [0.15, 0.2) is 0 Å². The lowest BCUT2D eigenvalue weighted by Gasteiger charge is -2.35. The Morgan fingerprint density at radius 1 is 0.938 bits per heavy atom. The summed E-state index contributed by atoms with van der Waals surface area (Å²) in [7, 11) is -3.91. The van der Waals surface area contributed by atoms with Crippen LogP contribution in [-0.2, 0) is 27.8 Å². The van der Waals surface area contributed by atoms with Crippen LogP contribution in [0.2, 0.25) is 0 Å². The van der Waals surface area contributed by atoms with Crippen molar-refractivity contribution in [1.82, 2.24) is 4.31 Å². The van der Waals surface area contributed by atoms with E-state index < -0.39 is 27.9 Å². The predicted octanol–water partition coefficient (Wildman–Crippen LogP) is 2.85. The first-order valence-corrected chi connectivity index (χ1v) is 11.6. The molecule has 164 valence electrons. The van der Waals surface area contributed by atoms with Crippen LogP contribution in [0, 0.1) is 6.92 Å². The van der Waals surface area contributed by atoms with Gasteiger partial charge in [-0.1, -0.05) is 42.0 Å². The number of rotatable bonds is 5. The van der Waals surface area contributed by atoms with E-state index in [0.29, 0.717) is 11.3 Å². The Morgan fingerprint density at radius 2 is 1.56 bits per heavy atom. The molecule has 0 saturated carbocycles. The first-order chi connectivity index (χ1) is 15.3. The fourth-order valence-corrected chi connectivity index (χ4v) is 5.33. The molecular formula is C24H23N3O4S. The number of nitrogens with two attached hydrogens (primary N) is 1. The summed E-state index contributed by atoms with van der Waals surface area (Å²) in [6.07, 6.45) is 0.256. The molecule has 0 fully saturated rings. The molecule has 0 saturated heterocycles. The third-order valence-corrected chi connectivity index (χ3v) is 7.44. The number of hydrogen-bond acceptors (Lipinski definition) is 4. The first-order valence-electron chi connectivity index (χ1n) is 10.1. The number of sulfonamides is 1. The van der Waals surface area contributed by atoms with Gasteiger partial charge < -0.3 is 11.1 Å². The number of aryl methyl sites for hydroxylation is 1. The first kappa shape index (κ1) is 21.7. The highest BCUT2D eigenvalue weighted by molar-refractivity contribution is 7.89. The number of carbonyl (C=O) groups excluding carboxylic acids is 2. The molecule has 8 heteroatoms. The van der Waals surface area contributed by atoms with Crippen molar-refractivity contribution < 1.29 is 18.0 Å². The topological polar surface area (TPSA) is 110 Å². The van der Waals surface area contributed by atoms with E-state index in [2.05, 4.69) is 5.32 Å². The molecule has 0 bridgehead atoms. The molecule has 0 radical (unpaired) electrons. The predicted molar refractivity (Wildman–Crippen MR) is 121 cm³/mol. The van der Waals surface area contributed by atoms with Crippen molar-refractivity contribution >= 4 is 27.5 Å². The summed E-state index contributed by atoms with van der Waals surface area (Å²) in [5.74, 6) is -1.01. The molecule has 0 unspecified atom stereocenters. The average molecular weight is 450 g/mol. The monoisotopic (exact) mass is 449 g/mol. The lowest BCUT2D eigenvalue weighted by molar-refractivity contribution is -0.120. The number of amides is 2. The third kappa shape index (κ3) is 4.28. The van der Waals surface area contributed by atoms with Crippen molar-refractivity contribution in [3.05, 3.63) is 95.1 Å². The van der Waals surface area contributed by atoms with Gasteiger partial charge in [-0.2, -0.15) is 4.31 Å². The molecule has 1 atom stereocenters. The molecule has 3 N–H and O–H groups in total. The average Bonchev–Trinajstić information content (AvgIpc) is 2.78. The van der Waals surface area contributed by atoms with Crippen molar-refractivity contribution in [2.75, 3.05) is 5.32 Å². The number of nitrogens with one attached hydrogen (secondary N) is 1. The van der Waals surface area contributed by atoms with Gasteiger partial charge in [0.2, 0.25) is 21.8 Å². The van der Waals surface area contributed by atoms with Crippen molar-refractivity contribution in [2.24, 2.45) is 5.73 Å². The number of primary amides is 1. The summed E-state index contributed by atoms with van der Waals surface area (Å²) in [6, 6.07) is 19.3. The number of carbonyl (C=O) groups is 2. The summed E-state index contributed by atoms with van der Waals surface area (Å²) in [6.45, 7) is 1.98. The highest BCUT2D eigenvalue weighted by Crippen LogP contribution is 2.30. The standard InChI is InChI=1S/C24H23N3O4S/c1-16-6-12-21(13-7-16)32(30,31)27-15-19-5-3-2-4-18(19)14-22(27)24(29)26-20-10-8-17(9-11-20)23(25)28/h2-13,22H,14-15H2,1H3,(H2,25,28)(H,26,29)/t22-/m1/s1. The summed E-state index contributed by atoms with van der Waals surface area (Å²) in [4.78, 5) is 24.6. The Bertz CT molecular complexity index is 1270. The molecule has 1 aliphatic rings. The van der Waals surface area contributed by atoms with Crippen LogP contribution >= 0.6 is 0 Å². The van der Waals surface area contributed by atoms with E-state index in [1.54, 1.807) is 36.4 Å². The quantitative estimate of drug-likeness (QED) is 0.624. The van der Waals surface area contributed by atoms with Gasteiger partial charge in [0.1, 0.15) is 6.04 Å². The molecule has 1 aliphatic heterocycles. The van der Waals surface area contributed by atoms with Crippen LogP contribution in [0.3, 0.4) is 0 Å². The van der Waals surface area contributed by atoms with E-state index in [1.165, 1.54) is 16.4 Å². The number of hydrogen-bond donors (Lipinski definition) is 2. The maximum Gasteiger partial charge on any atom is 0.248 e. The molecule has 0 aliphatic carbocycles. The fourth-order valence-electron chi connectivity index (χ4n) is 3.76. The summed E-state index contributed by atoms with van der Waals surface area (Å²) in [5.41, 5.74) is 8.78. The SMILES string of the molecule is Cc1ccc(S(=O)(=O)N2Cc3ccccc3C[C@@H]2C(=O)Nc2ccc(C(N)=O)cc2)cc1. The maximum atomic E-state index is 13.5. The van der Waals surface area contributed by atoms with Gasteiger partial charge in [-0.05, 0) is 60.9 Å². The van der Waals surface area contributed by atoms with Crippen LogP contribution in [0.1, 0.15) is 27.0 Å². The zero-order valence-electron chi connectivity index (χ0n) is 17.5. The summed E-state index contributed by atoms with van der Waals surface area (Å²) in [5, 5.41) is 2.77. The summed E-state index contributed by atoms with van der Waals surface area (Å²) < 4.78 is 28.2. The van der Waals surface area contributed by atoms with Crippen LogP contribution in [-0.4, -0.2) is 30.6 Å². The minimum atomic E-state index is -3.91. The third-order valence-electron chi connectivity index (χ3n) is 5.57. The van der Waals surface area contributed by atoms with E-state index in [4.69, 9.17) is 5.73 Å². The Balaban J connectivity index is 1.67. The lowest BCUT2D eigenvalue weighted by atomic mass is 9.95. The molecule has 0 aromatic heterocycles. The number of nitrogens with zero attached hydrogens (tertiary/aromatic N) is 1. The largest absolute Gasteiger partial charge is 0.366 e. The van der Waals surface area contributed by atoms with Crippen LogP contribution in [0.15, 0.2) is 77.7 Å². The Morgan fingerprint density at radius 3 is 2.19 bits per heavy atom. The van der Waals surface area contributed by atoms with E-state index in [1.807, 2.05) is 31.2 Å². The Labute approximate surface area is 186 Å². The molecule has 4 rings (SSSR count). The fraction of sp³-hybridized carbons (Fsp3) is 0.167.